The minimum absolute atomic E-state index is 0.105. The Hall–Kier alpha value is -2.90. The van der Waals surface area contributed by atoms with Crippen LogP contribution in [0.15, 0.2) is 35.9 Å². The van der Waals surface area contributed by atoms with Crippen molar-refractivity contribution >= 4 is 58.5 Å². The molecule has 2 aliphatic rings. The van der Waals surface area contributed by atoms with E-state index in [1.54, 1.807) is 6.07 Å². The van der Waals surface area contributed by atoms with E-state index in [2.05, 4.69) is 37.9 Å². The molecular weight excluding hydrogens is 492 g/mol. The van der Waals surface area contributed by atoms with Crippen LogP contribution in [0.2, 0.25) is 10.0 Å². The molecule has 2 heterocycles. The molecule has 1 unspecified atom stereocenters. The monoisotopic (exact) mass is 517 g/mol. The molecule has 2 aliphatic heterocycles. The molecule has 0 radical (unpaired) electrons. The van der Waals surface area contributed by atoms with E-state index in [1.165, 1.54) is 30.3 Å². The number of nitrogens with one attached hydrogen (secondary N) is 1. The van der Waals surface area contributed by atoms with Crippen LogP contribution in [-0.4, -0.2) is 29.9 Å². The Labute approximate surface area is 213 Å². The van der Waals surface area contributed by atoms with Crippen molar-refractivity contribution in [1.82, 2.24) is 5.32 Å². The zero-order valence-electron chi connectivity index (χ0n) is 19.9. The van der Waals surface area contributed by atoms with Gasteiger partial charge in [0.1, 0.15) is 11.4 Å². The lowest BCUT2D eigenvalue weighted by atomic mass is 9.79. The van der Waals surface area contributed by atoms with Crippen molar-refractivity contribution in [2.24, 2.45) is 0 Å². The maximum Gasteiger partial charge on any atom is 0.335 e. The second-order valence-corrected chi connectivity index (χ2v) is 10.4. The highest BCUT2D eigenvalue weighted by atomic mass is 35.5. The minimum atomic E-state index is -0.924. The molecule has 184 valence electrons. The number of anilines is 2. The zero-order valence-corrected chi connectivity index (χ0v) is 21.4. The SMILES string of the molecule is CCCN1c2cc(F)c(/C=C3/C(=O)NC(=O)N(c4ccc(Cl)c(Cl)c4)C3=O)cc2C(C)CC1(C)C. The number of imide groups is 2. The number of rotatable bonds is 4. The van der Waals surface area contributed by atoms with Crippen molar-refractivity contribution in [3.63, 3.8) is 0 Å². The van der Waals surface area contributed by atoms with Crippen molar-refractivity contribution in [2.75, 3.05) is 16.3 Å². The number of hydrogen-bond donors (Lipinski definition) is 1. The third kappa shape index (κ3) is 4.55. The number of amides is 4. The summed E-state index contributed by atoms with van der Waals surface area (Å²) in [6.07, 6.45) is 2.99. The van der Waals surface area contributed by atoms with E-state index in [-0.39, 0.29) is 38.3 Å². The zero-order chi connectivity index (χ0) is 25.7. The third-order valence-electron chi connectivity index (χ3n) is 6.51. The van der Waals surface area contributed by atoms with E-state index in [0.29, 0.717) is 0 Å². The first-order valence-corrected chi connectivity index (χ1v) is 12.2. The van der Waals surface area contributed by atoms with Gasteiger partial charge in [-0.15, -0.1) is 0 Å². The fourth-order valence-corrected chi connectivity index (χ4v) is 5.24. The number of urea groups is 1. The van der Waals surface area contributed by atoms with Gasteiger partial charge in [0.2, 0.25) is 0 Å². The Morgan fingerprint density at radius 3 is 2.51 bits per heavy atom. The van der Waals surface area contributed by atoms with Crippen LogP contribution in [0.4, 0.5) is 20.6 Å². The Bertz CT molecular complexity index is 1270. The first kappa shape index (κ1) is 25.2. The minimum Gasteiger partial charge on any atom is -0.366 e. The molecule has 4 rings (SSSR count). The lowest BCUT2D eigenvalue weighted by molar-refractivity contribution is -0.122. The molecule has 9 heteroatoms. The third-order valence-corrected chi connectivity index (χ3v) is 7.25. The molecular formula is C26H26Cl2FN3O3. The van der Waals surface area contributed by atoms with E-state index < -0.39 is 23.7 Å². The number of carbonyl (C=O) groups excluding carboxylic acids is 3. The highest BCUT2D eigenvalue weighted by molar-refractivity contribution is 6.43. The molecule has 2 aromatic rings. The molecule has 6 nitrogen and oxygen atoms in total. The van der Waals surface area contributed by atoms with E-state index in [0.717, 1.165) is 35.5 Å². The average Bonchev–Trinajstić information content (AvgIpc) is 2.76. The number of hydrogen-bond acceptors (Lipinski definition) is 4. The number of fused-ring (bicyclic) bond motifs is 1. The van der Waals surface area contributed by atoms with Crippen molar-refractivity contribution in [1.29, 1.82) is 0 Å². The van der Waals surface area contributed by atoms with Gasteiger partial charge in [-0.25, -0.2) is 14.1 Å². The predicted molar refractivity (Wildman–Crippen MR) is 137 cm³/mol. The van der Waals surface area contributed by atoms with Gasteiger partial charge in [-0.1, -0.05) is 37.0 Å². The molecule has 1 fully saturated rings. The summed E-state index contributed by atoms with van der Waals surface area (Å²) in [5, 5.41) is 2.53. The fourth-order valence-electron chi connectivity index (χ4n) is 4.95. The van der Waals surface area contributed by atoms with E-state index in [9.17, 15) is 14.4 Å². The lowest BCUT2D eigenvalue weighted by Gasteiger charge is -2.47. The first-order valence-electron chi connectivity index (χ1n) is 11.4. The van der Waals surface area contributed by atoms with Crippen LogP contribution in [0.25, 0.3) is 6.08 Å². The molecule has 1 atom stereocenters. The van der Waals surface area contributed by atoms with E-state index in [4.69, 9.17) is 23.2 Å². The van der Waals surface area contributed by atoms with Gasteiger partial charge >= 0.3 is 6.03 Å². The second-order valence-electron chi connectivity index (χ2n) is 9.56. The van der Waals surface area contributed by atoms with E-state index in [1.807, 2.05) is 0 Å². The van der Waals surface area contributed by atoms with Crippen LogP contribution < -0.4 is 15.1 Å². The predicted octanol–water partition coefficient (Wildman–Crippen LogP) is 6.30. The van der Waals surface area contributed by atoms with Gasteiger partial charge < -0.3 is 4.90 Å². The summed E-state index contributed by atoms with van der Waals surface area (Å²) >= 11 is 12.0. The normalized spacial score (nSPS) is 20.8. The molecule has 1 N–H and O–H groups in total. The molecule has 35 heavy (non-hydrogen) atoms. The molecule has 0 spiro atoms. The summed E-state index contributed by atoms with van der Waals surface area (Å²) in [6.45, 7) is 9.25. The average molecular weight is 518 g/mol. The molecule has 2 aromatic carbocycles. The quantitative estimate of drug-likeness (QED) is 0.381. The fraction of sp³-hybridized carbons (Fsp3) is 0.346. The van der Waals surface area contributed by atoms with Gasteiger partial charge in [-0.3, -0.25) is 14.9 Å². The molecule has 0 bridgehead atoms. The Morgan fingerprint density at radius 2 is 1.86 bits per heavy atom. The largest absolute Gasteiger partial charge is 0.366 e. The highest BCUT2D eigenvalue weighted by Crippen LogP contribution is 2.44. The summed E-state index contributed by atoms with van der Waals surface area (Å²) in [7, 11) is 0. The van der Waals surface area contributed by atoms with Gasteiger partial charge in [-0.05, 0) is 74.6 Å². The molecule has 1 saturated heterocycles. The Balaban J connectivity index is 1.77. The van der Waals surface area contributed by atoms with Crippen LogP contribution >= 0.6 is 23.2 Å². The summed E-state index contributed by atoms with van der Waals surface area (Å²) in [4.78, 5) is 41.2. The molecule has 0 aromatic heterocycles. The summed E-state index contributed by atoms with van der Waals surface area (Å²) in [6, 6.07) is 6.47. The van der Waals surface area contributed by atoms with Crippen LogP contribution in [0.3, 0.4) is 0 Å². The second kappa shape index (κ2) is 9.28. The highest BCUT2D eigenvalue weighted by Gasteiger charge is 2.39. The summed E-state index contributed by atoms with van der Waals surface area (Å²) < 4.78 is 15.3. The van der Waals surface area contributed by atoms with E-state index >= 15 is 4.39 Å². The van der Waals surface area contributed by atoms with Gasteiger partial charge in [-0.2, -0.15) is 0 Å². The number of halogens is 3. The number of barbiturate groups is 1. The van der Waals surface area contributed by atoms with Gasteiger partial charge in [0.05, 0.1) is 15.7 Å². The van der Waals surface area contributed by atoms with Crippen LogP contribution in [0.1, 0.15) is 57.6 Å². The topological polar surface area (TPSA) is 69.7 Å². The maximum atomic E-state index is 15.3. The van der Waals surface area contributed by atoms with Crippen molar-refractivity contribution in [2.45, 2.75) is 52.0 Å². The number of nitrogens with zero attached hydrogens (tertiary/aromatic N) is 2. The lowest BCUT2D eigenvalue weighted by Crippen LogP contribution is -2.54. The molecule has 4 amide bonds. The van der Waals surface area contributed by atoms with Crippen LogP contribution in [0.5, 0.6) is 0 Å². The van der Waals surface area contributed by atoms with Crippen molar-refractivity contribution < 1.29 is 18.8 Å². The van der Waals surface area contributed by atoms with Crippen LogP contribution in [0, 0.1) is 5.82 Å². The van der Waals surface area contributed by atoms with Gasteiger partial charge in [0, 0.05) is 23.3 Å². The van der Waals surface area contributed by atoms with Crippen molar-refractivity contribution in [3.05, 3.63) is 62.9 Å². The Morgan fingerprint density at radius 1 is 1.14 bits per heavy atom. The standard InChI is InChI=1S/C26H26Cl2FN3O3/c1-5-8-31-22-12-21(29)15(9-17(22)14(2)13-26(31,3)4)10-18-23(33)30-25(35)32(24(18)34)16-6-7-19(27)20(28)11-16/h6-7,9-12,14H,5,8,13H2,1-4H3,(H,30,33,35)/b18-10-. The van der Waals surface area contributed by atoms with Gasteiger partial charge in [0.15, 0.2) is 0 Å². The van der Waals surface area contributed by atoms with Gasteiger partial charge in [0.25, 0.3) is 11.8 Å². The first-order chi connectivity index (χ1) is 16.4. The molecule has 0 aliphatic carbocycles. The molecule has 0 saturated carbocycles. The Kier molecular flexibility index (Phi) is 6.68. The number of carbonyl (C=O) groups is 3. The summed E-state index contributed by atoms with van der Waals surface area (Å²) in [5.41, 5.74) is 1.53. The number of benzene rings is 2. The maximum absolute atomic E-state index is 15.3. The summed E-state index contributed by atoms with van der Waals surface area (Å²) in [5.74, 6) is -2.18. The smallest absolute Gasteiger partial charge is 0.335 e. The van der Waals surface area contributed by atoms with Crippen molar-refractivity contribution in [3.8, 4) is 0 Å². The van der Waals surface area contributed by atoms with Crippen LogP contribution in [-0.2, 0) is 9.59 Å².